The van der Waals surface area contributed by atoms with Crippen molar-refractivity contribution >= 4 is 0 Å². The molecule has 0 saturated heterocycles. The van der Waals surface area contributed by atoms with Crippen molar-refractivity contribution in [2.24, 2.45) is 13.0 Å². The van der Waals surface area contributed by atoms with Crippen molar-refractivity contribution in [2.75, 3.05) is 0 Å². The van der Waals surface area contributed by atoms with Crippen LogP contribution in [0.5, 0.6) is 0 Å². The van der Waals surface area contributed by atoms with Crippen LogP contribution >= 0.6 is 0 Å². The van der Waals surface area contributed by atoms with Gasteiger partial charge in [-0.05, 0) is 62.0 Å². The molecule has 5 rings (SSSR count). The highest BCUT2D eigenvalue weighted by atomic mass is 14.9. The van der Waals surface area contributed by atoms with Crippen LogP contribution in [0.4, 0.5) is 0 Å². The predicted octanol–water partition coefficient (Wildman–Crippen LogP) is 3.84. The van der Waals surface area contributed by atoms with Crippen LogP contribution in [0.1, 0.15) is 49.2 Å². The van der Waals surface area contributed by atoms with Gasteiger partial charge in [-0.2, -0.15) is 0 Å². The van der Waals surface area contributed by atoms with E-state index in [2.05, 4.69) is 0 Å². The Morgan fingerprint density at radius 2 is 2.20 bits per heavy atom. The highest BCUT2D eigenvalue weighted by Gasteiger charge is 2.38. The molecule has 1 saturated carbocycles. The van der Waals surface area contributed by atoms with Crippen LogP contribution in [0.15, 0.2) is 30.5 Å². The normalized spacial score (nSPS) is 34.4. The summed E-state index contributed by atoms with van der Waals surface area (Å²) in [6, 6.07) is 7.07. The summed E-state index contributed by atoms with van der Waals surface area (Å²) in [5.41, 5.74) is 4.36. The molecule has 0 atom stereocenters. The van der Waals surface area contributed by atoms with Gasteiger partial charge in [0.1, 0.15) is 7.05 Å². The van der Waals surface area contributed by atoms with Crippen LogP contribution < -0.4 is 4.57 Å². The van der Waals surface area contributed by atoms with Gasteiger partial charge < -0.3 is 0 Å². The summed E-state index contributed by atoms with van der Waals surface area (Å²) < 4.78 is 50.2. The quantitative estimate of drug-likeness (QED) is 0.693. The Labute approximate surface area is 129 Å². The van der Waals surface area contributed by atoms with Crippen LogP contribution in [0.25, 0.3) is 11.3 Å². The average Bonchev–Trinajstić information content (AvgIpc) is 2.49. The fraction of sp³-hybridized carbons (Fsp3) is 0.421. The van der Waals surface area contributed by atoms with E-state index in [0.29, 0.717) is 24.0 Å². The molecule has 2 aromatic rings. The summed E-state index contributed by atoms with van der Waals surface area (Å²) in [7, 11) is 1.87. The van der Waals surface area contributed by atoms with E-state index in [-0.39, 0.29) is 5.92 Å². The summed E-state index contributed by atoms with van der Waals surface area (Å²) in [5.74, 6) is -0.764. The third-order valence-electron chi connectivity index (χ3n) is 4.50. The molecule has 2 bridgehead atoms. The lowest BCUT2D eigenvalue weighted by molar-refractivity contribution is -0.661. The van der Waals surface area contributed by atoms with Gasteiger partial charge in [0.15, 0.2) is 6.20 Å². The molecule has 0 radical (unpaired) electrons. The molecule has 1 aromatic heterocycles. The average molecular weight is 270 g/mol. The standard InChI is InChI=1S/C19H22N/c1-12-4-5-17(13(2)6-12)19-10-18-15-7-14(8-15)9-16(18)11-20(19)3/h4-6,10-11,14-15H,7-9H2,1-3H3/q+1/i1D3,9D2,15D. The second-order valence-electron chi connectivity index (χ2n) is 5.98. The highest BCUT2D eigenvalue weighted by Crippen LogP contribution is 2.49. The first-order valence-electron chi connectivity index (χ1n) is 10.1. The van der Waals surface area contributed by atoms with E-state index in [0.717, 1.165) is 22.4 Å². The number of benzene rings is 1. The number of pyridine rings is 1. The molecule has 0 N–H and O–H groups in total. The van der Waals surface area contributed by atoms with E-state index < -0.39 is 19.1 Å². The summed E-state index contributed by atoms with van der Waals surface area (Å²) in [6.07, 6.45) is 1.55. The molecule has 0 amide bonds. The van der Waals surface area contributed by atoms with E-state index in [1.165, 1.54) is 0 Å². The SMILES string of the molecule is [2H]C([2H])([2H])c1ccc(-c2cc3c(c[n+]2C)C([2H])([2H])C2CC3([2H])C2)c(C)c1. The van der Waals surface area contributed by atoms with Gasteiger partial charge >= 0.3 is 0 Å². The Morgan fingerprint density at radius 1 is 1.35 bits per heavy atom. The number of nitrogens with zero attached hydrogens (tertiary/aromatic N) is 1. The number of hydrogen-bond acceptors (Lipinski definition) is 0. The van der Waals surface area contributed by atoms with Crippen LogP contribution in [0.2, 0.25) is 0 Å². The molecule has 3 aliphatic carbocycles. The lowest BCUT2D eigenvalue weighted by atomic mass is 9.63. The number of hydrogen-bond donors (Lipinski definition) is 0. The maximum absolute atomic E-state index is 8.70. The van der Waals surface area contributed by atoms with Crippen molar-refractivity contribution in [3.63, 3.8) is 0 Å². The highest BCUT2D eigenvalue weighted by molar-refractivity contribution is 5.63. The van der Waals surface area contributed by atoms with Crippen molar-refractivity contribution in [3.8, 4) is 11.3 Å². The molecule has 20 heavy (non-hydrogen) atoms. The van der Waals surface area contributed by atoms with E-state index in [9.17, 15) is 0 Å². The van der Waals surface area contributed by atoms with E-state index in [1.807, 2.05) is 36.9 Å². The van der Waals surface area contributed by atoms with Gasteiger partial charge in [-0.25, -0.2) is 4.57 Å². The van der Waals surface area contributed by atoms with Gasteiger partial charge in [0.25, 0.3) is 0 Å². The molecule has 3 aliphatic rings. The van der Waals surface area contributed by atoms with Crippen molar-refractivity contribution in [3.05, 3.63) is 52.7 Å². The largest absolute Gasteiger partial charge is 0.212 e. The predicted molar refractivity (Wildman–Crippen MR) is 81.7 cm³/mol. The molecule has 1 fully saturated rings. The third-order valence-corrected chi connectivity index (χ3v) is 4.50. The molecular weight excluding hydrogens is 242 g/mol. The first-order chi connectivity index (χ1) is 11.9. The van der Waals surface area contributed by atoms with Gasteiger partial charge in [0.2, 0.25) is 5.69 Å². The van der Waals surface area contributed by atoms with Crippen LogP contribution in [0, 0.1) is 19.7 Å². The zero-order valence-corrected chi connectivity index (χ0v) is 11.8. The fourth-order valence-electron chi connectivity index (χ4n) is 3.35. The fourth-order valence-corrected chi connectivity index (χ4v) is 3.35. The molecule has 0 unspecified atom stereocenters. The van der Waals surface area contributed by atoms with Crippen molar-refractivity contribution < 1.29 is 12.8 Å². The van der Waals surface area contributed by atoms with Gasteiger partial charge in [0, 0.05) is 25.4 Å². The second-order valence-corrected chi connectivity index (χ2v) is 5.98. The second kappa shape index (κ2) is 4.18. The Balaban J connectivity index is 1.88. The van der Waals surface area contributed by atoms with Gasteiger partial charge in [-0.15, -0.1) is 0 Å². The Kier molecular flexibility index (Phi) is 1.55. The van der Waals surface area contributed by atoms with Gasteiger partial charge in [-0.1, -0.05) is 17.7 Å². The molecule has 1 heteroatoms. The van der Waals surface area contributed by atoms with Crippen molar-refractivity contribution in [1.29, 1.82) is 0 Å². The zero-order valence-electron chi connectivity index (χ0n) is 17.8. The molecule has 102 valence electrons. The lowest BCUT2D eigenvalue weighted by Crippen LogP contribution is -2.37. The summed E-state index contributed by atoms with van der Waals surface area (Å²) in [5, 5.41) is 0. The maximum atomic E-state index is 8.70. The Hall–Kier alpha value is -1.63. The Morgan fingerprint density at radius 3 is 2.95 bits per heavy atom. The molecule has 0 spiro atoms. The lowest BCUT2D eigenvalue weighted by Gasteiger charge is -2.41. The molecule has 1 nitrogen and oxygen atoms in total. The van der Waals surface area contributed by atoms with Crippen LogP contribution in [0.3, 0.4) is 0 Å². The minimum absolute atomic E-state index is 0.0707. The molecule has 0 aliphatic heterocycles. The summed E-state index contributed by atoms with van der Waals surface area (Å²) in [4.78, 5) is 0. The van der Waals surface area contributed by atoms with E-state index >= 15 is 0 Å². The van der Waals surface area contributed by atoms with Gasteiger partial charge in [0.05, 0.1) is 0 Å². The molecular formula is C19H22N+. The number of aromatic nitrogens is 1. The van der Waals surface area contributed by atoms with E-state index in [4.69, 9.17) is 8.22 Å². The zero-order chi connectivity index (χ0) is 19.1. The Bertz CT molecular complexity index is 909. The topological polar surface area (TPSA) is 3.88 Å². The first kappa shape index (κ1) is 7.40. The summed E-state index contributed by atoms with van der Waals surface area (Å²) in [6.45, 7) is -0.247. The first-order valence-corrected chi connectivity index (χ1v) is 7.10. The molecule has 1 aromatic carbocycles. The van der Waals surface area contributed by atoms with E-state index in [1.54, 1.807) is 12.1 Å². The minimum Gasteiger partial charge on any atom is -0.201 e. The smallest absolute Gasteiger partial charge is 0.201 e. The van der Waals surface area contributed by atoms with Crippen molar-refractivity contribution in [1.82, 2.24) is 0 Å². The number of rotatable bonds is 1. The third kappa shape index (κ3) is 1.72. The monoisotopic (exact) mass is 270 g/mol. The van der Waals surface area contributed by atoms with Crippen LogP contribution in [-0.4, -0.2) is 0 Å². The van der Waals surface area contributed by atoms with Gasteiger partial charge in [-0.3, -0.25) is 0 Å². The maximum Gasteiger partial charge on any atom is 0.212 e. The minimum atomic E-state index is -2.14. The van der Waals surface area contributed by atoms with Crippen molar-refractivity contribution in [2.45, 2.75) is 38.9 Å². The summed E-state index contributed by atoms with van der Waals surface area (Å²) >= 11 is 0. The molecule has 1 heterocycles. The van der Waals surface area contributed by atoms with Crippen LogP contribution in [-0.2, 0) is 13.4 Å². The number of aryl methyl sites for hydroxylation is 3.